The summed E-state index contributed by atoms with van der Waals surface area (Å²) in [5.74, 6) is 0.0527. The van der Waals surface area contributed by atoms with Gasteiger partial charge in [-0.1, -0.05) is 12.1 Å². The molecule has 0 fully saturated rings. The molecule has 0 saturated heterocycles. The third kappa shape index (κ3) is 2.74. The van der Waals surface area contributed by atoms with Crippen LogP contribution < -0.4 is 0 Å². The Balaban J connectivity index is 1.95. The normalized spacial score (nSPS) is 14.4. The van der Waals surface area contributed by atoms with E-state index >= 15 is 0 Å². The highest BCUT2D eigenvalue weighted by Gasteiger charge is 2.22. The fraction of sp³-hybridized carbons (Fsp3) is 0.471. The molecule has 1 aliphatic rings. The standard InChI is InChI=1S/C17H22N2O3/c1-21-9-8-18-10-14-6-7-19(16(20)12-22-2)11-13-4-3-5-15(18)17(13)14/h3-5,10H,6-9,11-12H2,1-2H3. The summed E-state index contributed by atoms with van der Waals surface area (Å²) in [7, 11) is 3.28. The van der Waals surface area contributed by atoms with Crippen LogP contribution in [-0.2, 0) is 33.8 Å². The van der Waals surface area contributed by atoms with Crippen LogP contribution >= 0.6 is 0 Å². The summed E-state index contributed by atoms with van der Waals surface area (Å²) < 4.78 is 12.4. The number of amides is 1. The first kappa shape index (κ1) is 15.1. The number of nitrogens with zero attached hydrogens (tertiary/aromatic N) is 2. The van der Waals surface area contributed by atoms with E-state index in [0.717, 1.165) is 19.5 Å². The molecule has 0 aliphatic carbocycles. The summed E-state index contributed by atoms with van der Waals surface area (Å²) in [6.07, 6.45) is 3.08. The van der Waals surface area contributed by atoms with Crippen LogP contribution in [0.15, 0.2) is 24.4 Å². The molecule has 2 heterocycles. The highest BCUT2D eigenvalue weighted by atomic mass is 16.5. The van der Waals surface area contributed by atoms with Crippen LogP contribution in [0.2, 0.25) is 0 Å². The van der Waals surface area contributed by atoms with Gasteiger partial charge in [0.2, 0.25) is 5.91 Å². The number of benzene rings is 1. The maximum Gasteiger partial charge on any atom is 0.248 e. The number of rotatable bonds is 5. The van der Waals surface area contributed by atoms with Gasteiger partial charge in [0, 0.05) is 51.0 Å². The van der Waals surface area contributed by atoms with Crippen LogP contribution in [0, 0.1) is 0 Å². The number of carbonyl (C=O) groups is 1. The van der Waals surface area contributed by atoms with Crippen molar-refractivity contribution in [3.05, 3.63) is 35.5 Å². The fourth-order valence-electron chi connectivity index (χ4n) is 3.18. The van der Waals surface area contributed by atoms with E-state index in [-0.39, 0.29) is 12.5 Å². The minimum Gasteiger partial charge on any atom is -0.383 e. The van der Waals surface area contributed by atoms with Gasteiger partial charge in [-0.05, 0) is 23.6 Å². The summed E-state index contributed by atoms with van der Waals surface area (Å²) in [5, 5.41) is 1.30. The topological polar surface area (TPSA) is 43.7 Å². The number of aromatic nitrogens is 1. The Hall–Kier alpha value is -1.85. The first-order valence-electron chi connectivity index (χ1n) is 7.60. The van der Waals surface area contributed by atoms with E-state index < -0.39 is 0 Å². The van der Waals surface area contributed by atoms with Gasteiger partial charge in [0.05, 0.1) is 6.61 Å². The molecule has 5 nitrogen and oxygen atoms in total. The van der Waals surface area contributed by atoms with E-state index in [4.69, 9.17) is 9.47 Å². The van der Waals surface area contributed by atoms with Gasteiger partial charge in [0.1, 0.15) is 6.61 Å². The minimum atomic E-state index is 0.0527. The Kier molecular flexibility index (Phi) is 4.45. The summed E-state index contributed by atoms with van der Waals surface area (Å²) in [5.41, 5.74) is 3.76. The molecule has 22 heavy (non-hydrogen) atoms. The Morgan fingerprint density at radius 1 is 1.23 bits per heavy atom. The average Bonchev–Trinajstić information content (AvgIpc) is 2.76. The quantitative estimate of drug-likeness (QED) is 0.846. The number of carbonyl (C=O) groups excluding carboxylic acids is 1. The Morgan fingerprint density at radius 2 is 2.09 bits per heavy atom. The van der Waals surface area contributed by atoms with E-state index in [9.17, 15) is 4.79 Å². The average molecular weight is 302 g/mol. The molecule has 3 rings (SSSR count). The van der Waals surface area contributed by atoms with Crippen molar-refractivity contribution < 1.29 is 14.3 Å². The molecule has 1 aromatic carbocycles. The number of hydrogen-bond acceptors (Lipinski definition) is 3. The van der Waals surface area contributed by atoms with E-state index in [0.29, 0.717) is 13.2 Å². The lowest BCUT2D eigenvalue weighted by Crippen LogP contribution is -2.34. The van der Waals surface area contributed by atoms with Crippen molar-refractivity contribution >= 4 is 16.8 Å². The first-order valence-corrected chi connectivity index (χ1v) is 7.60. The zero-order chi connectivity index (χ0) is 15.5. The lowest BCUT2D eigenvalue weighted by Gasteiger charge is -2.20. The largest absolute Gasteiger partial charge is 0.383 e. The van der Waals surface area contributed by atoms with Gasteiger partial charge < -0.3 is 18.9 Å². The van der Waals surface area contributed by atoms with Crippen molar-refractivity contribution in [3.8, 4) is 0 Å². The van der Waals surface area contributed by atoms with Gasteiger partial charge in [0.25, 0.3) is 0 Å². The lowest BCUT2D eigenvalue weighted by molar-refractivity contribution is -0.135. The Bertz CT molecular complexity index is 678. The predicted octanol–water partition coefficient (Wildman–Crippen LogP) is 1.82. The van der Waals surface area contributed by atoms with Crippen molar-refractivity contribution in [1.82, 2.24) is 9.47 Å². The number of hydrogen-bond donors (Lipinski definition) is 0. The first-order chi connectivity index (χ1) is 10.7. The van der Waals surface area contributed by atoms with Gasteiger partial charge in [-0.25, -0.2) is 0 Å². The summed E-state index contributed by atoms with van der Waals surface area (Å²) in [4.78, 5) is 14.0. The van der Waals surface area contributed by atoms with Crippen LogP contribution in [0.1, 0.15) is 11.1 Å². The third-order valence-electron chi connectivity index (χ3n) is 4.24. The van der Waals surface area contributed by atoms with Crippen molar-refractivity contribution in [3.63, 3.8) is 0 Å². The summed E-state index contributed by atoms with van der Waals surface area (Å²) in [6, 6.07) is 6.32. The van der Waals surface area contributed by atoms with Gasteiger partial charge >= 0.3 is 0 Å². The molecule has 1 aliphatic heterocycles. The van der Waals surface area contributed by atoms with E-state index in [2.05, 4.69) is 29.0 Å². The highest BCUT2D eigenvalue weighted by Crippen LogP contribution is 2.29. The lowest BCUT2D eigenvalue weighted by atomic mass is 10.1. The maximum atomic E-state index is 12.1. The molecule has 0 unspecified atom stereocenters. The van der Waals surface area contributed by atoms with Crippen LogP contribution in [0.5, 0.6) is 0 Å². The number of ether oxygens (including phenoxy) is 2. The second-order valence-corrected chi connectivity index (χ2v) is 5.65. The SMILES string of the molecule is COCCn1cc2c3c(cccc31)CN(C(=O)COC)CC2. The van der Waals surface area contributed by atoms with Crippen molar-refractivity contribution in [2.24, 2.45) is 0 Å². The van der Waals surface area contributed by atoms with Crippen molar-refractivity contribution in [1.29, 1.82) is 0 Å². The highest BCUT2D eigenvalue weighted by molar-refractivity contribution is 5.88. The molecule has 0 N–H and O–H groups in total. The van der Waals surface area contributed by atoms with Crippen molar-refractivity contribution in [2.75, 3.05) is 34.0 Å². The predicted molar refractivity (Wildman–Crippen MR) is 84.8 cm³/mol. The van der Waals surface area contributed by atoms with E-state index in [1.807, 2.05) is 4.90 Å². The fourth-order valence-corrected chi connectivity index (χ4v) is 3.18. The second-order valence-electron chi connectivity index (χ2n) is 5.65. The smallest absolute Gasteiger partial charge is 0.248 e. The van der Waals surface area contributed by atoms with E-state index in [1.165, 1.54) is 22.0 Å². The Morgan fingerprint density at radius 3 is 2.86 bits per heavy atom. The van der Waals surface area contributed by atoms with Gasteiger partial charge in [-0.3, -0.25) is 4.79 Å². The molecule has 2 aromatic rings. The zero-order valence-electron chi connectivity index (χ0n) is 13.2. The molecule has 0 atom stereocenters. The second kappa shape index (κ2) is 6.50. The van der Waals surface area contributed by atoms with Crippen molar-refractivity contribution in [2.45, 2.75) is 19.5 Å². The summed E-state index contributed by atoms with van der Waals surface area (Å²) in [6.45, 7) is 3.09. The molecule has 1 amide bonds. The molecule has 5 heteroatoms. The maximum absolute atomic E-state index is 12.1. The van der Waals surface area contributed by atoms with E-state index in [1.54, 1.807) is 14.2 Å². The molecular formula is C17H22N2O3. The summed E-state index contributed by atoms with van der Waals surface area (Å²) >= 11 is 0. The van der Waals surface area contributed by atoms with Crippen LogP contribution in [0.3, 0.4) is 0 Å². The van der Waals surface area contributed by atoms with Gasteiger partial charge in [-0.2, -0.15) is 0 Å². The Labute approximate surface area is 130 Å². The molecule has 0 radical (unpaired) electrons. The van der Waals surface area contributed by atoms with Crippen LogP contribution in [0.4, 0.5) is 0 Å². The molecule has 0 bridgehead atoms. The molecule has 0 saturated carbocycles. The molecular weight excluding hydrogens is 280 g/mol. The molecule has 118 valence electrons. The van der Waals surface area contributed by atoms with Gasteiger partial charge in [-0.15, -0.1) is 0 Å². The monoisotopic (exact) mass is 302 g/mol. The third-order valence-corrected chi connectivity index (χ3v) is 4.24. The van der Waals surface area contributed by atoms with Crippen LogP contribution in [-0.4, -0.2) is 49.4 Å². The van der Waals surface area contributed by atoms with Crippen LogP contribution in [0.25, 0.3) is 10.9 Å². The molecule has 0 spiro atoms. The van der Waals surface area contributed by atoms with Gasteiger partial charge in [0.15, 0.2) is 0 Å². The molecule has 1 aromatic heterocycles. The zero-order valence-corrected chi connectivity index (χ0v) is 13.2. The minimum absolute atomic E-state index is 0.0527. The number of methoxy groups -OCH3 is 2.